The quantitative estimate of drug-likeness (QED) is 0.580. The maximum absolute atomic E-state index is 5.26. The molecule has 0 unspecified atom stereocenters. The molecular weight excluding hydrogens is 388 g/mol. The van der Waals surface area contributed by atoms with E-state index in [2.05, 4.69) is 43.4 Å². The first-order valence-corrected chi connectivity index (χ1v) is 9.43. The molecule has 0 bridgehead atoms. The van der Waals surface area contributed by atoms with Crippen molar-refractivity contribution in [2.24, 2.45) is 4.99 Å². The van der Waals surface area contributed by atoms with Gasteiger partial charge in [-0.25, -0.2) is 9.98 Å². The molecular formula is C17H23BrN4OS. The van der Waals surface area contributed by atoms with Crippen molar-refractivity contribution in [3.8, 4) is 5.75 Å². The number of thiazole rings is 1. The maximum Gasteiger partial charge on any atom is 0.194 e. The van der Waals surface area contributed by atoms with Crippen molar-refractivity contribution >= 4 is 33.2 Å². The minimum Gasteiger partial charge on any atom is -0.496 e. The van der Waals surface area contributed by atoms with Crippen LogP contribution in [0.5, 0.6) is 5.75 Å². The van der Waals surface area contributed by atoms with Gasteiger partial charge in [0.1, 0.15) is 5.75 Å². The number of aromatic nitrogens is 1. The van der Waals surface area contributed by atoms with Crippen LogP contribution in [0.25, 0.3) is 0 Å². The highest BCUT2D eigenvalue weighted by molar-refractivity contribution is 9.10. The first-order chi connectivity index (χ1) is 11.5. The number of benzene rings is 1. The van der Waals surface area contributed by atoms with Crippen molar-refractivity contribution in [2.45, 2.75) is 26.9 Å². The van der Waals surface area contributed by atoms with Crippen LogP contribution in [-0.4, -0.2) is 36.5 Å². The van der Waals surface area contributed by atoms with Crippen LogP contribution in [0.1, 0.15) is 23.2 Å². The largest absolute Gasteiger partial charge is 0.496 e. The molecule has 2 rings (SSSR count). The van der Waals surface area contributed by atoms with E-state index >= 15 is 0 Å². The molecule has 5 nitrogen and oxygen atoms in total. The number of hydrogen-bond donors (Lipinski definition) is 1. The summed E-state index contributed by atoms with van der Waals surface area (Å²) < 4.78 is 6.20. The second-order valence-corrected chi connectivity index (χ2v) is 7.27. The number of halogens is 1. The summed E-state index contributed by atoms with van der Waals surface area (Å²) in [5.74, 6) is 1.70. The molecule has 0 saturated heterocycles. The summed E-state index contributed by atoms with van der Waals surface area (Å²) in [5.41, 5.74) is 2.19. The second-order valence-electron chi connectivity index (χ2n) is 5.35. The lowest BCUT2D eigenvalue weighted by molar-refractivity contribution is 0.412. The minimum absolute atomic E-state index is 0.603. The maximum atomic E-state index is 5.26. The first-order valence-electron chi connectivity index (χ1n) is 7.76. The topological polar surface area (TPSA) is 49.8 Å². The van der Waals surface area contributed by atoms with E-state index in [1.807, 2.05) is 32.2 Å². The highest BCUT2D eigenvalue weighted by Crippen LogP contribution is 2.25. The fraction of sp³-hybridized carbons (Fsp3) is 0.412. The molecule has 1 N–H and O–H groups in total. The molecule has 24 heavy (non-hydrogen) atoms. The Morgan fingerprint density at radius 2 is 2.25 bits per heavy atom. The monoisotopic (exact) mass is 410 g/mol. The van der Waals surface area contributed by atoms with Crippen LogP contribution in [-0.2, 0) is 13.1 Å². The van der Waals surface area contributed by atoms with Gasteiger partial charge in [0.25, 0.3) is 0 Å². The lowest BCUT2D eigenvalue weighted by atomic mass is 10.2. The Labute approximate surface area is 155 Å². The van der Waals surface area contributed by atoms with Crippen LogP contribution < -0.4 is 10.1 Å². The molecule has 0 saturated carbocycles. The molecule has 7 heteroatoms. The zero-order valence-corrected chi connectivity index (χ0v) is 16.9. The highest BCUT2D eigenvalue weighted by Gasteiger charge is 2.09. The lowest BCUT2D eigenvalue weighted by Gasteiger charge is -2.21. The van der Waals surface area contributed by atoms with Crippen LogP contribution in [0.15, 0.2) is 33.0 Å². The van der Waals surface area contributed by atoms with E-state index in [4.69, 9.17) is 9.73 Å². The number of rotatable bonds is 6. The zero-order chi connectivity index (χ0) is 17.5. The van der Waals surface area contributed by atoms with Crippen molar-refractivity contribution in [1.29, 1.82) is 0 Å². The Balaban J connectivity index is 2.07. The molecule has 1 aromatic heterocycles. The van der Waals surface area contributed by atoms with E-state index in [9.17, 15) is 0 Å². The van der Waals surface area contributed by atoms with Gasteiger partial charge in [-0.3, -0.25) is 0 Å². The van der Waals surface area contributed by atoms with Crippen LogP contribution >= 0.6 is 27.3 Å². The van der Waals surface area contributed by atoms with Gasteiger partial charge in [0.05, 0.1) is 35.4 Å². The summed E-state index contributed by atoms with van der Waals surface area (Å²) in [6.45, 7) is 6.26. The number of aliphatic imine (C=N–C) groups is 1. The second kappa shape index (κ2) is 9.03. The third kappa shape index (κ3) is 5.21. The average molecular weight is 411 g/mol. The molecule has 0 aliphatic rings. The number of guanidine groups is 1. The zero-order valence-electron chi connectivity index (χ0n) is 14.5. The summed E-state index contributed by atoms with van der Waals surface area (Å²) in [6, 6.07) is 6.01. The highest BCUT2D eigenvalue weighted by atomic mass is 79.9. The fourth-order valence-electron chi connectivity index (χ4n) is 2.24. The van der Waals surface area contributed by atoms with E-state index < -0.39 is 0 Å². The summed E-state index contributed by atoms with van der Waals surface area (Å²) in [5, 5.41) is 6.51. The molecule has 0 amide bonds. The van der Waals surface area contributed by atoms with Gasteiger partial charge in [-0.2, -0.15) is 0 Å². The Bertz CT molecular complexity index is 702. The van der Waals surface area contributed by atoms with Crippen molar-refractivity contribution < 1.29 is 4.74 Å². The number of nitrogens with one attached hydrogen (secondary N) is 1. The molecule has 2 aromatic rings. The molecule has 0 radical (unpaired) electrons. The molecule has 130 valence electrons. The van der Waals surface area contributed by atoms with Crippen LogP contribution in [0.2, 0.25) is 0 Å². The Kier molecular flexibility index (Phi) is 7.05. The molecule has 1 aromatic carbocycles. The SMILES string of the molecule is CCNC(=NCc1ccc(OC)c(Br)c1)N(C)Cc1csc(C)n1. The van der Waals surface area contributed by atoms with E-state index in [1.54, 1.807) is 18.4 Å². The van der Waals surface area contributed by atoms with Gasteiger partial charge in [-0.1, -0.05) is 6.07 Å². The Hall–Kier alpha value is -1.60. The van der Waals surface area contributed by atoms with Gasteiger partial charge in [0.2, 0.25) is 0 Å². The predicted octanol–water partition coefficient (Wildman–Crippen LogP) is 3.82. The third-order valence-corrected chi connectivity index (χ3v) is 4.83. The number of nitrogens with zero attached hydrogens (tertiary/aromatic N) is 3. The summed E-state index contributed by atoms with van der Waals surface area (Å²) in [7, 11) is 3.69. The summed E-state index contributed by atoms with van der Waals surface area (Å²) in [6.07, 6.45) is 0. The Morgan fingerprint density at radius 1 is 1.46 bits per heavy atom. The van der Waals surface area contributed by atoms with Crippen molar-refractivity contribution in [3.05, 3.63) is 44.3 Å². The number of ether oxygens (including phenoxy) is 1. The predicted molar refractivity (Wildman–Crippen MR) is 104 cm³/mol. The van der Waals surface area contributed by atoms with E-state index in [-0.39, 0.29) is 0 Å². The van der Waals surface area contributed by atoms with Crippen molar-refractivity contribution in [1.82, 2.24) is 15.2 Å². The van der Waals surface area contributed by atoms with Gasteiger partial charge in [0, 0.05) is 19.0 Å². The molecule has 0 atom stereocenters. The smallest absolute Gasteiger partial charge is 0.194 e. The molecule has 0 aliphatic heterocycles. The number of aryl methyl sites for hydroxylation is 1. The van der Waals surface area contributed by atoms with Gasteiger partial charge in [0.15, 0.2) is 5.96 Å². The van der Waals surface area contributed by atoms with Crippen molar-refractivity contribution in [3.63, 3.8) is 0 Å². The first kappa shape index (κ1) is 18.7. The third-order valence-electron chi connectivity index (χ3n) is 3.39. The molecule has 0 aliphatic carbocycles. The standard InChI is InChI=1S/C17H23BrN4OS/c1-5-19-17(22(3)10-14-11-24-12(2)21-14)20-9-13-6-7-16(23-4)15(18)8-13/h6-8,11H,5,9-10H2,1-4H3,(H,19,20). The van der Waals surface area contributed by atoms with Gasteiger partial charge in [-0.15, -0.1) is 11.3 Å². The van der Waals surface area contributed by atoms with Crippen LogP contribution in [0.4, 0.5) is 0 Å². The minimum atomic E-state index is 0.603. The normalized spacial score (nSPS) is 11.5. The van der Waals surface area contributed by atoms with E-state index in [0.29, 0.717) is 6.54 Å². The average Bonchev–Trinajstić information content (AvgIpc) is 2.96. The number of hydrogen-bond acceptors (Lipinski definition) is 4. The van der Waals surface area contributed by atoms with E-state index in [1.165, 1.54) is 0 Å². The van der Waals surface area contributed by atoms with Crippen LogP contribution in [0, 0.1) is 6.92 Å². The van der Waals surface area contributed by atoms with Gasteiger partial charge < -0.3 is 15.0 Å². The molecule has 1 heterocycles. The van der Waals surface area contributed by atoms with Gasteiger partial charge >= 0.3 is 0 Å². The van der Waals surface area contributed by atoms with E-state index in [0.717, 1.165) is 45.5 Å². The van der Waals surface area contributed by atoms with Crippen molar-refractivity contribution in [2.75, 3.05) is 20.7 Å². The summed E-state index contributed by atoms with van der Waals surface area (Å²) >= 11 is 5.19. The van der Waals surface area contributed by atoms with Crippen LogP contribution in [0.3, 0.4) is 0 Å². The lowest BCUT2D eigenvalue weighted by Crippen LogP contribution is -2.38. The summed E-state index contributed by atoms with van der Waals surface area (Å²) in [4.78, 5) is 11.3. The number of methoxy groups -OCH3 is 1. The fourth-order valence-corrected chi connectivity index (χ4v) is 3.43. The van der Waals surface area contributed by atoms with Gasteiger partial charge in [-0.05, 0) is 47.5 Å². The molecule has 0 spiro atoms. The molecule has 0 fully saturated rings. The Morgan fingerprint density at radius 3 is 2.83 bits per heavy atom.